The zero-order chi connectivity index (χ0) is 28.6. The second-order valence-electron chi connectivity index (χ2n) is 8.83. The molecule has 0 aliphatic carbocycles. The topological polar surface area (TPSA) is 85.3 Å². The molecule has 7 nitrogen and oxygen atoms in total. The average molecular weight is 546 g/mol. The maximum absolute atomic E-state index is 13.7. The standard InChI is InChI=1S/C29H30F3NO6/c1-37-24-16-22(17-25(38-2)27(24)39-3)28(36)33(18-21-11-9-20(10-12-21)15-26(34)35)13-5-7-19-6-4-8-23(14-19)29(30,31)32/h4,6,8-12,14,16-17H,5,7,13,15,18H2,1-3H3,(H,34,35). The highest BCUT2D eigenvalue weighted by molar-refractivity contribution is 5.95. The normalized spacial score (nSPS) is 11.1. The van der Waals surface area contributed by atoms with E-state index in [4.69, 9.17) is 19.3 Å². The number of hydrogen-bond donors (Lipinski definition) is 1. The Balaban J connectivity index is 1.86. The number of carboxylic acid groups (broad SMARTS) is 1. The molecule has 208 valence electrons. The summed E-state index contributed by atoms with van der Waals surface area (Å²) in [7, 11) is 4.34. The fourth-order valence-electron chi connectivity index (χ4n) is 4.17. The number of carboxylic acids is 1. The van der Waals surface area contributed by atoms with E-state index < -0.39 is 17.7 Å². The molecule has 10 heteroatoms. The van der Waals surface area contributed by atoms with E-state index in [1.54, 1.807) is 47.4 Å². The summed E-state index contributed by atoms with van der Waals surface area (Å²) in [4.78, 5) is 26.3. The molecule has 1 N–H and O–H groups in total. The van der Waals surface area contributed by atoms with Crippen LogP contribution >= 0.6 is 0 Å². The lowest BCUT2D eigenvalue weighted by Gasteiger charge is -2.24. The summed E-state index contributed by atoms with van der Waals surface area (Å²) in [6.45, 7) is 0.452. The first kappa shape index (κ1) is 29.3. The monoisotopic (exact) mass is 545 g/mol. The van der Waals surface area contributed by atoms with Gasteiger partial charge in [0.05, 0.1) is 33.3 Å². The van der Waals surface area contributed by atoms with Gasteiger partial charge in [-0.1, -0.05) is 42.5 Å². The second-order valence-corrected chi connectivity index (χ2v) is 8.83. The van der Waals surface area contributed by atoms with Gasteiger partial charge in [0.15, 0.2) is 11.5 Å². The Hall–Kier alpha value is -4.21. The van der Waals surface area contributed by atoms with Crippen molar-refractivity contribution in [1.82, 2.24) is 4.90 Å². The van der Waals surface area contributed by atoms with Gasteiger partial charge in [0.2, 0.25) is 5.75 Å². The lowest BCUT2D eigenvalue weighted by atomic mass is 10.0. The molecule has 0 aromatic heterocycles. The smallest absolute Gasteiger partial charge is 0.416 e. The molecule has 0 fully saturated rings. The zero-order valence-electron chi connectivity index (χ0n) is 21.9. The minimum Gasteiger partial charge on any atom is -0.493 e. The van der Waals surface area contributed by atoms with Crippen LogP contribution in [-0.2, 0) is 30.4 Å². The fourth-order valence-corrected chi connectivity index (χ4v) is 4.17. The van der Waals surface area contributed by atoms with E-state index in [2.05, 4.69) is 0 Å². The number of halogens is 3. The summed E-state index contributed by atoms with van der Waals surface area (Å²) < 4.78 is 55.4. The summed E-state index contributed by atoms with van der Waals surface area (Å²) >= 11 is 0. The number of methoxy groups -OCH3 is 3. The maximum Gasteiger partial charge on any atom is 0.416 e. The van der Waals surface area contributed by atoms with Crippen LogP contribution in [-0.4, -0.2) is 49.8 Å². The lowest BCUT2D eigenvalue weighted by Crippen LogP contribution is -2.32. The van der Waals surface area contributed by atoms with Crippen molar-refractivity contribution in [2.45, 2.75) is 32.0 Å². The van der Waals surface area contributed by atoms with E-state index in [0.29, 0.717) is 41.2 Å². The molecule has 3 rings (SSSR count). The van der Waals surface area contributed by atoms with Gasteiger partial charge in [-0.3, -0.25) is 9.59 Å². The number of hydrogen-bond acceptors (Lipinski definition) is 5. The van der Waals surface area contributed by atoms with E-state index >= 15 is 0 Å². The van der Waals surface area contributed by atoms with Crippen LogP contribution in [0.25, 0.3) is 0 Å². The Morgan fingerprint density at radius 2 is 1.46 bits per heavy atom. The van der Waals surface area contributed by atoms with Crippen molar-refractivity contribution in [3.8, 4) is 17.2 Å². The molecule has 3 aromatic carbocycles. The molecule has 0 heterocycles. The van der Waals surface area contributed by atoms with E-state index in [9.17, 15) is 22.8 Å². The van der Waals surface area contributed by atoms with Crippen LogP contribution in [0.5, 0.6) is 17.2 Å². The molecule has 3 aromatic rings. The van der Waals surface area contributed by atoms with Gasteiger partial charge in [0.1, 0.15) is 0 Å². The predicted molar refractivity (Wildman–Crippen MR) is 138 cm³/mol. The maximum atomic E-state index is 13.7. The quantitative estimate of drug-likeness (QED) is 0.317. The van der Waals surface area contributed by atoms with Crippen LogP contribution < -0.4 is 14.2 Å². The van der Waals surface area contributed by atoms with Gasteiger partial charge in [-0.05, 0) is 47.7 Å². The van der Waals surface area contributed by atoms with Gasteiger partial charge in [0.25, 0.3) is 5.91 Å². The first-order valence-corrected chi connectivity index (χ1v) is 12.1. The summed E-state index contributed by atoms with van der Waals surface area (Å²) in [6.07, 6.45) is -3.81. The number of rotatable bonds is 12. The number of ether oxygens (including phenoxy) is 3. The number of aryl methyl sites for hydroxylation is 1. The molecule has 0 unspecified atom stereocenters. The molecule has 0 aliphatic heterocycles. The Bertz CT molecular complexity index is 1270. The molecule has 0 saturated carbocycles. The van der Waals surface area contributed by atoms with Crippen molar-refractivity contribution < 1.29 is 42.1 Å². The fraction of sp³-hybridized carbons (Fsp3) is 0.310. The molecule has 0 radical (unpaired) electrons. The highest BCUT2D eigenvalue weighted by Gasteiger charge is 2.30. The van der Waals surface area contributed by atoms with Crippen molar-refractivity contribution in [2.24, 2.45) is 0 Å². The molecule has 0 saturated heterocycles. The Labute approximate surface area is 224 Å². The van der Waals surface area contributed by atoms with E-state index in [1.165, 1.54) is 27.4 Å². The molecule has 0 spiro atoms. The molecule has 39 heavy (non-hydrogen) atoms. The highest BCUT2D eigenvalue weighted by atomic mass is 19.4. The largest absolute Gasteiger partial charge is 0.493 e. The molecule has 0 bridgehead atoms. The number of alkyl halides is 3. The van der Waals surface area contributed by atoms with Crippen molar-refractivity contribution in [2.75, 3.05) is 27.9 Å². The third-order valence-electron chi connectivity index (χ3n) is 6.10. The van der Waals surface area contributed by atoms with Crippen molar-refractivity contribution in [3.63, 3.8) is 0 Å². The number of amides is 1. The van der Waals surface area contributed by atoms with Crippen molar-refractivity contribution in [1.29, 1.82) is 0 Å². The van der Waals surface area contributed by atoms with Crippen LogP contribution in [0.1, 0.15) is 39.0 Å². The summed E-state index contributed by atoms with van der Waals surface area (Å²) in [5.41, 5.74) is 1.48. The summed E-state index contributed by atoms with van der Waals surface area (Å²) in [6, 6.07) is 15.1. The molecular formula is C29H30F3NO6. The molecular weight excluding hydrogens is 515 g/mol. The van der Waals surface area contributed by atoms with Crippen LogP contribution in [0.15, 0.2) is 60.7 Å². The average Bonchev–Trinajstić information content (AvgIpc) is 2.91. The van der Waals surface area contributed by atoms with E-state index in [-0.39, 0.29) is 31.0 Å². The van der Waals surface area contributed by atoms with Crippen LogP contribution in [0.2, 0.25) is 0 Å². The van der Waals surface area contributed by atoms with Gasteiger partial charge >= 0.3 is 12.1 Å². The molecule has 0 aliphatic rings. The van der Waals surface area contributed by atoms with Crippen molar-refractivity contribution in [3.05, 3.63) is 88.5 Å². The van der Waals surface area contributed by atoms with Gasteiger partial charge in [-0.2, -0.15) is 13.2 Å². The Morgan fingerprint density at radius 1 is 0.846 bits per heavy atom. The Kier molecular flexibility index (Phi) is 9.81. The second kappa shape index (κ2) is 13.0. The number of benzene rings is 3. The third-order valence-corrected chi connectivity index (χ3v) is 6.10. The van der Waals surface area contributed by atoms with Crippen LogP contribution in [0.3, 0.4) is 0 Å². The van der Waals surface area contributed by atoms with Gasteiger partial charge in [0, 0.05) is 18.7 Å². The van der Waals surface area contributed by atoms with E-state index in [0.717, 1.165) is 17.7 Å². The van der Waals surface area contributed by atoms with Crippen LogP contribution in [0, 0.1) is 0 Å². The number of carbonyl (C=O) groups is 2. The SMILES string of the molecule is COc1cc(C(=O)N(CCCc2cccc(C(F)(F)F)c2)Cc2ccc(CC(=O)O)cc2)cc(OC)c1OC. The van der Waals surface area contributed by atoms with Gasteiger partial charge < -0.3 is 24.2 Å². The zero-order valence-corrected chi connectivity index (χ0v) is 21.9. The lowest BCUT2D eigenvalue weighted by molar-refractivity contribution is -0.138. The first-order valence-electron chi connectivity index (χ1n) is 12.1. The summed E-state index contributed by atoms with van der Waals surface area (Å²) in [5.74, 6) is -0.338. The first-order chi connectivity index (χ1) is 18.5. The molecule has 1 amide bonds. The van der Waals surface area contributed by atoms with Crippen molar-refractivity contribution >= 4 is 11.9 Å². The van der Waals surface area contributed by atoms with E-state index in [1.807, 2.05) is 0 Å². The van der Waals surface area contributed by atoms with Gasteiger partial charge in [-0.15, -0.1) is 0 Å². The summed E-state index contributed by atoms with van der Waals surface area (Å²) in [5, 5.41) is 9.01. The van der Waals surface area contributed by atoms with Crippen LogP contribution in [0.4, 0.5) is 13.2 Å². The highest BCUT2D eigenvalue weighted by Crippen LogP contribution is 2.38. The molecule has 0 atom stereocenters. The Morgan fingerprint density at radius 3 is 2.00 bits per heavy atom. The third kappa shape index (κ3) is 7.89. The number of aliphatic carboxylic acids is 1. The number of carbonyl (C=O) groups excluding carboxylic acids is 1. The minimum atomic E-state index is -4.43. The predicted octanol–water partition coefficient (Wildman–Crippen LogP) is 5.63. The minimum absolute atomic E-state index is 0.120. The van der Waals surface area contributed by atoms with Gasteiger partial charge in [-0.25, -0.2) is 0 Å². The number of nitrogens with zero attached hydrogens (tertiary/aromatic N) is 1.